The molecular weight excluding hydrogens is 288 g/mol. The normalized spacial score (nSPS) is 12.7. The van der Waals surface area contributed by atoms with Crippen LogP contribution in [0.1, 0.15) is 29.8 Å². The van der Waals surface area contributed by atoms with Crippen LogP contribution in [0.4, 0.5) is 10.8 Å². The molecule has 3 aromatic rings. The molecule has 2 aromatic heterocycles. The van der Waals surface area contributed by atoms with Crippen LogP contribution in [0.15, 0.2) is 24.4 Å². The molecule has 0 saturated carbocycles. The first kappa shape index (κ1) is 13.3. The Kier molecular flexibility index (Phi) is 3.58. The van der Waals surface area contributed by atoms with Crippen LogP contribution in [0.3, 0.4) is 0 Å². The van der Waals surface area contributed by atoms with Crippen molar-refractivity contribution in [2.24, 2.45) is 0 Å². The highest BCUT2D eigenvalue weighted by molar-refractivity contribution is 7.22. The van der Waals surface area contributed by atoms with Crippen molar-refractivity contribution < 1.29 is 0 Å². The summed E-state index contributed by atoms with van der Waals surface area (Å²) in [6.07, 6.45) is 2.99. The maximum absolute atomic E-state index is 5.79. The summed E-state index contributed by atoms with van der Waals surface area (Å²) in [7, 11) is 0. The SMILES string of the molecule is CCc1cnc(C(C)Nc2nc3ccc(N)cc3s2)s1. The molecule has 0 radical (unpaired) electrons. The summed E-state index contributed by atoms with van der Waals surface area (Å²) in [4.78, 5) is 10.3. The number of nitrogens with one attached hydrogen (secondary N) is 1. The zero-order valence-corrected chi connectivity index (χ0v) is 13.0. The van der Waals surface area contributed by atoms with Gasteiger partial charge in [-0.1, -0.05) is 18.3 Å². The molecule has 0 aliphatic heterocycles. The Morgan fingerprint density at radius 1 is 1.35 bits per heavy atom. The molecule has 0 spiro atoms. The fourth-order valence-electron chi connectivity index (χ4n) is 1.94. The number of hydrogen-bond acceptors (Lipinski definition) is 6. The Balaban J connectivity index is 1.81. The van der Waals surface area contributed by atoms with E-state index >= 15 is 0 Å². The lowest BCUT2D eigenvalue weighted by molar-refractivity contribution is 0.867. The number of anilines is 2. The molecule has 0 aliphatic rings. The number of benzene rings is 1. The minimum Gasteiger partial charge on any atom is -0.399 e. The first-order valence-electron chi connectivity index (χ1n) is 6.53. The Hall–Kier alpha value is -1.66. The van der Waals surface area contributed by atoms with Crippen LogP contribution >= 0.6 is 22.7 Å². The molecule has 3 rings (SSSR count). The van der Waals surface area contributed by atoms with Crippen molar-refractivity contribution in [2.45, 2.75) is 26.3 Å². The van der Waals surface area contributed by atoms with Gasteiger partial charge in [-0.25, -0.2) is 9.97 Å². The van der Waals surface area contributed by atoms with Crippen LogP contribution in [0.5, 0.6) is 0 Å². The van der Waals surface area contributed by atoms with E-state index < -0.39 is 0 Å². The van der Waals surface area contributed by atoms with E-state index in [1.165, 1.54) is 4.88 Å². The minimum atomic E-state index is 0.165. The number of rotatable bonds is 4. The van der Waals surface area contributed by atoms with Crippen molar-refractivity contribution >= 4 is 43.7 Å². The second-order valence-corrected chi connectivity index (χ2v) is 6.81. The molecule has 1 aromatic carbocycles. The summed E-state index contributed by atoms with van der Waals surface area (Å²) < 4.78 is 1.10. The lowest BCUT2D eigenvalue weighted by Crippen LogP contribution is -2.05. The molecule has 0 saturated heterocycles. The Bertz CT molecular complexity index is 732. The van der Waals surface area contributed by atoms with Gasteiger partial charge in [0.1, 0.15) is 5.01 Å². The number of aryl methyl sites for hydroxylation is 1. The Labute approximate surface area is 125 Å². The van der Waals surface area contributed by atoms with Gasteiger partial charge in [0.2, 0.25) is 0 Å². The highest BCUT2D eigenvalue weighted by atomic mass is 32.1. The van der Waals surface area contributed by atoms with Crippen LogP contribution in [0.25, 0.3) is 10.2 Å². The number of nitrogens with zero attached hydrogens (tertiary/aromatic N) is 2. The molecule has 6 heteroatoms. The van der Waals surface area contributed by atoms with Crippen LogP contribution < -0.4 is 11.1 Å². The van der Waals surface area contributed by atoms with Crippen molar-refractivity contribution in [3.8, 4) is 0 Å². The smallest absolute Gasteiger partial charge is 0.184 e. The number of aromatic nitrogens is 2. The fraction of sp³-hybridized carbons (Fsp3) is 0.286. The number of hydrogen-bond donors (Lipinski definition) is 2. The van der Waals surface area contributed by atoms with Gasteiger partial charge >= 0.3 is 0 Å². The van der Waals surface area contributed by atoms with E-state index in [0.29, 0.717) is 0 Å². The van der Waals surface area contributed by atoms with Gasteiger partial charge in [-0.15, -0.1) is 11.3 Å². The van der Waals surface area contributed by atoms with Gasteiger partial charge in [0.25, 0.3) is 0 Å². The van der Waals surface area contributed by atoms with Gasteiger partial charge in [0.05, 0.1) is 16.3 Å². The van der Waals surface area contributed by atoms with E-state index in [1.807, 2.05) is 24.4 Å². The summed E-state index contributed by atoms with van der Waals surface area (Å²) in [5.74, 6) is 0. The number of fused-ring (bicyclic) bond motifs is 1. The molecule has 4 nitrogen and oxygen atoms in total. The Morgan fingerprint density at radius 2 is 2.20 bits per heavy atom. The van der Waals surface area contributed by atoms with E-state index in [-0.39, 0.29) is 6.04 Å². The van der Waals surface area contributed by atoms with Crippen LogP contribution in [0, 0.1) is 0 Å². The molecule has 20 heavy (non-hydrogen) atoms. The van der Waals surface area contributed by atoms with Crippen LogP contribution in [-0.4, -0.2) is 9.97 Å². The van der Waals surface area contributed by atoms with Crippen molar-refractivity contribution in [1.82, 2.24) is 9.97 Å². The average Bonchev–Trinajstić information content (AvgIpc) is 3.03. The third kappa shape index (κ3) is 2.62. The molecule has 0 bridgehead atoms. The number of thiazole rings is 2. The van der Waals surface area contributed by atoms with Crippen molar-refractivity contribution in [2.75, 3.05) is 11.1 Å². The number of nitrogen functional groups attached to an aromatic ring is 1. The van der Waals surface area contributed by atoms with Crippen LogP contribution in [-0.2, 0) is 6.42 Å². The van der Waals surface area contributed by atoms with Gasteiger partial charge in [-0.2, -0.15) is 0 Å². The topological polar surface area (TPSA) is 63.8 Å². The van der Waals surface area contributed by atoms with Crippen LogP contribution in [0.2, 0.25) is 0 Å². The lowest BCUT2D eigenvalue weighted by atomic mass is 10.3. The summed E-state index contributed by atoms with van der Waals surface area (Å²) in [5.41, 5.74) is 7.54. The van der Waals surface area contributed by atoms with E-state index in [4.69, 9.17) is 5.73 Å². The second kappa shape index (κ2) is 5.38. The minimum absolute atomic E-state index is 0.165. The maximum Gasteiger partial charge on any atom is 0.184 e. The molecule has 0 amide bonds. The van der Waals surface area contributed by atoms with E-state index in [1.54, 1.807) is 22.7 Å². The van der Waals surface area contributed by atoms with Crippen molar-refractivity contribution in [1.29, 1.82) is 0 Å². The number of nitrogens with two attached hydrogens (primary N) is 1. The van der Waals surface area contributed by atoms with Crippen molar-refractivity contribution in [3.63, 3.8) is 0 Å². The molecule has 3 N–H and O–H groups in total. The highest BCUT2D eigenvalue weighted by Crippen LogP contribution is 2.30. The lowest BCUT2D eigenvalue weighted by Gasteiger charge is -2.08. The first-order valence-corrected chi connectivity index (χ1v) is 8.16. The monoisotopic (exact) mass is 304 g/mol. The first-order chi connectivity index (χ1) is 9.65. The van der Waals surface area contributed by atoms with Gasteiger partial charge in [-0.3, -0.25) is 0 Å². The highest BCUT2D eigenvalue weighted by Gasteiger charge is 2.12. The van der Waals surface area contributed by atoms with Gasteiger partial charge < -0.3 is 11.1 Å². The maximum atomic E-state index is 5.79. The van der Waals surface area contributed by atoms with E-state index in [9.17, 15) is 0 Å². The van der Waals surface area contributed by atoms with Gasteiger partial charge in [0.15, 0.2) is 5.13 Å². The second-order valence-electron chi connectivity index (χ2n) is 4.63. The Morgan fingerprint density at radius 3 is 2.95 bits per heavy atom. The fourth-order valence-corrected chi connectivity index (χ4v) is 3.80. The molecular formula is C14H16N4S2. The van der Waals surface area contributed by atoms with Crippen molar-refractivity contribution in [3.05, 3.63) is 34.3 Å². The summed E-state index contributed by atoms with van der Waals surface area (Å²) in [6.45, 7) is 4.26. The third-order valence-corrected chi connectivity index (χ3v) is 5.32. The summed E-state index contributed by atoms with van der Waals surface area (Å²) in [5, 5.41) is 5.43. The quantitative estimate of drug-likeness (QED) is 0.713. The van der Waals surface area contributed by atoms with Gasteiger partial charge in [0, 0.05) is 16.8 Å². The van der Waals surface area contributed by atoms with Gasteiger partial charge in [-0.05, 0) is 31.5 Å². The summed E-state index contributed by atoms with van der Waals surface area (Å²) >= 11 is 3.37. The summed E-state index contributed by atoms with van der Waals surface area (Å²) in [6, 6.07) is 5.96. The zero-order chi connectivity index (χ0) is 14.1. The standard InChI is InChI=1S/C14H16N4S2/c1-3-10-7-16-13(19-10)8(2)17-14-18-11-5-4-9(15)6-12(11)20-14/h4-8H,3,15H2,1-2H3,(H,17,18). The zero-order valence-electron chi connectivity index (χ0n) is 11.4. The molecule has 0 fully saturated rings. The predicted molar refractivity (Wildman–Crippen MR) is 87.6 cm³/mol. The molecule has 1 atom stereocenters. The largest absolute Gasteiger partial charge is 0.399 e. The van der Waals surface area contributed by atoms with E-state index in [0.717, 1.165) is 32.5 Å². The molecule has 2 heterocycles. The van der Waals surface area contributed by atoms with E-state index in [2.05, 4.69) is 29.1 Å². The average molecular weight is 304 g/mol. The third-order valence-electron chi connectivity index (χ3n) is 3.04. The predicted octanol–water partition coefficient (Wildman–Crippen LogP) is 4.07. The molecule has 1 unspecified atom stereocenters. The molecule has 104 valence electrons. The molecule has 0 aliphatic carbocycles.